The zero-order valence-corrected chi connectivity index (χ0v) is 8.73. The minimum Gasteiger partial charge on any atom is -0.478 e. The number of hydrogen-bond donors (Lipinski definition) is 3. The van der Waals surface area contributed by atoms with Crippen molar-refractivity contribution in [2.24, 2.45) is 0 Å². The lowest BCUT2D eigenvalue weighted by molar-refractivity contribution is 0.0322. The number of hydrogen-bond acceptors (Lipinski definition) is 4. The van der Waals surface area contributed by atoms with E-state index in [0.717, 1.165) is 12.3 Å². The van der Waals surface area contributed by atoms with E-state index in [1.807, 2.05) is 0 Å². The van der Waals surface area contributed by atoms with E-state index < -0.39 is 29.7 Å². The molecule has 1 aromatic rings. The number of aliphatic hydroxyl groups excluding tert-OH is 2. The summed E-state index contributed by atoms with van der Waals surface area (Å²) in [6.07, 6.45) is -1.72. The molecule has 0 aliphatic carbocycles. The fourth-order valence-electron chi connectivity index (χ4n) is 1.08. The summed E-state index contributed by atoms with van der Waals surface area (Å²) < 4.78 is 12.9. The van der Waals surface area contributed by atoms with Gasteiger partial charge in [-0.25, -0.2) is 9.78 Å². The average molecular weight is 250 g/mol. The number of halogens is 2. The molecule has 16 heavy (non-hydrogen) atoms. The van der Waals surface area contributed by atoms with Crippen LogP contribution in [0.2, 0.25) is 0 Å². The first-order valence-electron chi connectivity index (χ1n) is 4.28. The van der Waals surface area contributed by atoms with Gasteiger partial charge in [0.25, 0.3) is 0 Å². The Labute approximate surface area is 95.1 Å². The molecule has 1 heterocycles. The molecule has 0 amide bonds. The molecule has 0 aromatic carbocycles. The standard InChI is InChI=1S/C9H9ClFNO4/c10-2-6(13)7(14)4-1-5(9(15)16)8(11)12-3-4/h1,3,6-7,13-14H,2H2,(H,15,16). The van der Waals surface area contributed by atoms with E-state index in [2.05, 4.69) is 4.98 Å². The third-order valence-corrected chi connectivity index (χ3v) is 2.27. The second kappa shape index (κ2) is 5.20. The summed E-state index contributed by atoms with van der Waals surface area (Å²) in [7, 11) is 0. The van der Waals surface area contributed by atoms with Crippen molar-refractivity contribution in [2.45, 2.75) is 12.2 Å². The van der Waals surface area contributed by atoms with Gasteiger partial charge in [0.2, 0.25) is 5.95 Å². The summed E-state index contributed by atoms with van der Waals surface area (Å²) in [6.45, 7) is 0. The van der Waals surface area contributed by atoms with Crippen molar-refractivity contribution >= 4 is 17.6 Å². The summed E-state index contributed by atoms with van der Waals surface area (Å²) in [4.78, 5) is 13.8. The normalized spacial score (nSPS) is 14.5. The predicted octanol–water partition coefficient (Wildman–Crippen LogP) is 0.552. The molecule has 0 fully saturated rings. The molecule has 7 heteroatoms. The minimum atomic E-state index is -1.50. The quantitative estimate of drug-likeness (QED) is 0.536. The molecule has 3 N–H and O–H groups in total. The molecule has 1 rings (SSSR count). The average Bonchev–Trinajstić information content (AvgIpc) is 2.27. The predicted molar refractivity (Wildman–Crippen MR) is 52.8 cm³/mol. The first-order valence-corrected chi connectivity index (χ1v) is 4.81. The Morgan fingerprint density at radius 2 is 2.19 bits per heavy atom. The van der Waals surface area contributed by atoms with Crippen LogP contribution >= 0.6 is 11.6 Å². The highest BCUT2D eigenvalue weighted by molar-refractivity contribution is 6.18. The molecule has 2 atom stereocenters. The number of rotatable bonds is 4. The molecule has 88 valence electrons. The molecule has 0 radical (unpaired) electrons. The first kappa shape index (κ1) is 12.8. The Kier molecular flexibility index (Phi) is 4.17. The summed E-state index contributed by atoms with van der Waals surface area (Å²) in [5.41, 5.74) is -0.676. The highest BCUT2D eigenvalue weighted by atomic mass is 35.5. The Balaban J connectivity index is 3.07. The smallest absolute Gasteiger partial charge is 0.340 e. The maximum absolute atomic E-state index is 12.9. The van der Waals surface area contributed by atoms with E-state index in [4.69, 9.17) is 16.7 Å². The van der Waals surface area contributed by atoms with E-state index in [0.29, 0.717) is 0 Å². The number of aromatic carboxylic acids is 1. The topological polar surface area (TPSA) is 90.7 Å². The highest BCUT2D eigenvalue weighted by Gasteiger charge is 2.21. The fourth-order valence-corrected chi connectivity index (χ4v) is 1.25. The second-order valence-electron chi connectivity index (χ2n) is 3.08. The van der Waals surface area contributed by atoms with E-state index in [9.17, 15) is 19.4 Å². The van der Waals surface area contributed by atoms with Gasteiger partial charge in [0.05, 0.1) is 12.0 Å². The lowest BCUT2D eigenvalue weighted by Crippen LogP contribution is -2.20. The first-order chi connectivity index (χ1) is 7.47. The molecule has 0 aliphatic rings. The van der Waals surface area contributed by atoms with Crippen molar-refractivity contribution in [2.75, 3.05) is 5.88 Å². The zero-order chi connectivity index (χ0) is 12.3. The highest BCUT2D eigenvalue weighted by Crippen LogP contribution is 2.19. The molecular weight excluding hydrogens is 241 g/mol. The van der Waals surface area contributed by atoms with E-state index in [1.54, 1.807) is 0 Å². The van der Waals surface area contributed by atoms with Crippen LogP contribution in [0.1, 0.15) is 22.0 Å². The number of alkyl halides is 1. The summed E-state index contributed by atoms with van der Waals surface area (Å²) in [5.74, 6) is -2.88. The van der Waals surface area contributed by atoms with Crippen molar-refractivity contribution in [1.29, 1.82) is 0 Å². The largest absolute Gasteiger partial charge is 0.478 e. The van der Waals surface area contributed by atoms with Crippen molar-refractivity contribution in [3.05, 3.63) is 29.3 Å². The van der Waals surface area contributed by atoms with Crippen molar-refractivity contribution in [1.82, 2.24) is 4.98 Å². The minimum absolute atomic E-state index is 0.00745. The Bertz CT molecular complexity index is 401. The number of pyridine rings is 1. The van der Waals surface area contributed by atoms with Crippen LogP contribution in [-0.4, -0.2) is 38.3 Å². The Morgan fingerprint density at radius 3 is 2.69 bits per heavy atom. The second-order valence-corrected chi connectivity index (χ2v) is 3.39. The van der Waals surface area contributed by atoms with Crippen LogP contribution in [0.15, 0.2) is 12.3 Å². The van der Waals surface area contributed by atoms with Gasteiger partial charge >= 0.3 is 5.97 Å². The molecular formula is C9H9ClFNO4. The van der Waals surface area contributed by atoms with E-state index >= 15 is 0 Å². The summed E-state index contributed by atoms with van der Waals surface area (Å²) in [6, 6.07) is 0.908. The third kappa shape index (κ3) is 2.66. The van der Waals surface area contributed by atoms with Crippen LogP contribution in [0.3, 0.4) is 0 Å². The van der Waals surface area contributed by atoms with Gasteiger partial charge in [-0.15, -0.1) is 11.6 Å². The van der Waals surface area contributed by atoms with Crippen LogP contribution in [0.5, 0.6) is 0 Å². The number of aliphatic hydroxyl groups is 2. The lowest BCUT2D eigenvalue weighted by atomic mass is 10.1. The van der Waals surface area contributed by atoms with Gasteiger partial charge in [0.1, 0.15) is 11.7 Å². The van der Waals surface area contributed by atoms with Crippen molar-refractivity contribution < 1.29 is 24.5 Å². The molecule has 0 aliphatic heterocycles. The molecule has 0 saturated heterocycles. The van der Waals surface area contributed by atoms with Gasteiger partial charge in [-0.05, 0) is 6.07 Å². The number of nitrogens with zero attached hydrogens (tertiary/aromatic N) is 1. The van der Waals surface area contributed by atoms with E-state index in [-0.39, 0.29) is 11.4 Å². The van der Waals surface area contributed by atoms with Gasteiger partial charge in [0, 0.05) is 11.8 Å². The molecule has 5 nitrogen and oxygen atoms in total. The fraction of sp³-hybridized carbons (Fsp3) is 0.333. The monoisotopic (exact) mass is 249 g/mol. The lowest BCUT2D eigenvalue weighted by Gasteiger charge is -2.15. The van der Waals surface area contributed by atoms with Gasteiger partial charge in [0.15, 0.2) is 0 Å². The molecule has 0 bridgehead atoms. The number of carbonyl (C=O) groups is 1. The number of carboxylic acids is 1. The van der Waals surface area contributed by atoms with Crippen LogP contribution in [0, 0.1) is 5.95 Å². The summed E-state index contributed by atoms with van der Waals surface area (Å²) in [5, 5.41) is 27.3. The van der Waals surface area contributed by atoms with E-state index in [1.165, 1.54) is 0 Å². The van der Waals surface area contributed by atoms with Crippen LogP contribution in [0.4, 0.5) is 4.39 Å². The van der Waals surface area contributed by atoms with Crippen LogP contribution in [0.25, 0.3) is 0 Å². The molecule has 2 unspecified atom stereocenters. The Morgan fingerprint density at radius 1 is 1.56 bits per heavy atom. The molecule has 1 aromatic heterocycles. The zero-order valence-electron chi connectivity index (χ0n) is 7.97. The maximum atomic E-state index is 12.9. The van der Waals surface area contributed by atoms with Crippen molar-refractivity contribution in [3.63, 3.8) is 0 Å². The van der Waals surface area contributed by atoms with Crippen LogP contribution in [-0.2, 0) is 0 Å². The van der Waals surface area contributed by atoms with Gasteiger partial charge in [-0.1, -0.05) is 0 Å². The van der Waals surface area contributed by atoms with Crippen LogP contribution < -0.4 is 0 Å². The Hall–Kier alpha value is -1.24. The van der Waals surface area contributed by atoms with Gasteiger partial charge in [-0.3, -0.25) is 0 Å². The van der Waals surface area contributed by atoms with Gasteiger partial charge in [-0.2, -0.15) is 4.39 Å². The van der Waals surface area contributed by atoms with Gasteiger partial charge < -0.3 is 15.3 Å². The summed E-state index contributed by atoms with van der Waals surface area (Å²) >= 11 is 5.31. The third-order valence-electron chi connectivity index (χ3n) is 1.95. The molecule has 0 spiro atoms. The number of carboxylic acid groups (broad SMARTS) is 1. The van der Waals surface area contributed by atoms with Crippen molar-refractivity contribution in [3.8, 4) is 0 Å². The number of aromatic nitrogens is 1. The SMILES string of the molecule is O=C(O)c1cc(C(O)C(O)CCl)cnc1F. The maximum Gasteiger partial charge on any atom is 0.340 e. The molecule has 0 saturated carbocycles.